The van der Waals surface area contributed by atoms with Gasteiger partial charge in [0.25, 0.3) is 11.1 Å². The molecule has 3 rings (SSSR count). The number of aryl methyl sites for hydroxylation is 1. The molecule has 2 fully saturated rings. The molecule has 1 aromatic rings. The summed E-state index contributed by atoms with van der Waals surface area (Å²) in [6.07, 6.45) is 5.97. The second-order valence-electron chi connectivity index (χ2n) is 6.42. The van der Waals surface area contributed by atoms with E-state index in [0.29, 0.717) is 18.0 Å². The topological polar surface area (TPSA) is 57.7 Å². The summed E-state index contributed by atoms with van der Waals surface area (Å²) in [5.41, 5.74) is 1.95. The van der Waals surface area contributed by atoms with Crippen LogP contribution in [0.25, 0.3) is 6.08 Å². The van der Waals surface area contributed by atoms with Gasteiger partial charge >= 0.3 is 0 Å². The molecule has 0 aliphatic carbocycles. The molecule has 25 heavy (non-hydrogen) atoms. The maximum absolute atomic E-state index is 12.6. The van der Waals surface area contributed by atoms with Crippen LogP contribution in [-0.2, 0) is 9.59 Å². The van der Waals surface area contributed by atoms with Crippen LogP contribution in [0, 0.1) is 6.92 Å². The number of hydrogen-bond donors (Lipinski definition) is 0. The van der Waals surface area contributed by atoms with Crippen LogP contribution in [0.15, 0.2) is 29.2 Å². The number of thioether (sulfide) groups is 1. The van der Waals surface area contributed by atoms with Crippen LogP contribution in [0.5, 0.6) is 0 Å². The van der Waals surface area contributed by atoms with Gasteiger partial charge in [0, 0.05) is 13.1 Å². The molecular weight excluding hydrogens is 336 g/mol. The van der Waals surface area contributed by atoms with Crippen molar-refractivity contribution in [2.75, 3.05) is 19.6 Å². The minimum absolute atomic E-state index is 0.138. The molecule has 3 amide bonds. The first-order chi connectivity index (χ1) is 12.1. The fourth-order valence-corrected chi connectivity index (χ4v) is 3.91. The minimum Gasteiger partial charge on any atom is -0.341 e. The van der Waals surface area contributed by atoms with Crippen molar-refractivity contribution in [1.29, 1.82) is 0 Å². The van der Waals surface area contributed by atoms with E-state index >= 15 is 0 Å². The summed E-state index contributed by atoms with van der Waals surface area (Å²) in [6.45, 7) is 3.23. The van der Waals surface area contributed by atoms with Crippen molar-refractivity contribution in [2.45, 2.75) is 32.6 Å². The van der Waals surface area contributed by atoms with Crippen molar-refractivity contribution < 1.29 is 14.4 Å². The van der Waals surface area contributed by atoms with Gasteiger partial charge in [-0.15, -0.1) is 0 Å². The molecule has 0 bridgehead atoms. The molecule has 132 valence electrons. The first-order valence-corrected chi connectivity index (χ1v) is 9.46. The van der Waals surface area contributed by atoms with E-state index < -0.39 is 0 Å². The van der Waals surface area contributed by atoms with Crippen LogP contribution in [0.4, 0.5) is 4.79 Å². The quantitative estimate of drug-likeness (QED) is 0.777. The lowest BCUT2D eigenvalue weighted by atomic mass is 10.1. The molecule has 0 aromatic heterocycles. The average molecular weight is 358 g/mol. The van der Waals surface area contributed by atoms with Crippen molar-refractivity contribution in [2.24, 2.45) is 0 Å². The maximum Gasteiger partial charge on any atom is 0.294 e. The molecule has 0 spiro atoms. The maximum atomic E-state index is 12.6. The smallest absolute Gasteiger partial charge is 0.294 e. The number of rotatable bonds is 3. The summed E-state index contributed by atoms with van der Waals surface area (Å²) in [5, 5.41) is -0.368. The van der Waals surface area contributed by atoms with E-state index in [4.69, 9.17) is 0 Å². The number of carbonyl (C=O) groups is 3. The molecule has 2 aliphatic heterocycles. The lowest BCUT2D eigenvalue weighted by Gasteiger charge is -2.22. The van der Waals surface area contributed by atoms with E-state index in [-0.39, 0.29) is 23.6 Å². The summed E-state index contributed by atoms with van der Waals surface area (Å²) in [7, 11) is 0. The Hall–Kier alpha value is -2.08. The van der Waals surface area contributed by atoms with Crippen LogP contribution in [0.2, 0.25) is 0 Å². The molecule has 0 unspecified atom stereocenters. The van der Waals surface area contributed by atoms with Gasteiger partial charge in [0.2, 0.25) is 5.91 Å². The third-order valence-corrected chi connectivity index (χ3v) is 5.51. The van der Waals surface area contributed by atoms with Crippen molar-refractivity contribution in [3.8, 4) is 0 Å². The Kier molecular flexibility index (Phi) is 5.58. The number of carbonyl (C=O) groups excluding carboxylic acids is 3. The molecule has 6 heteroatoms. The van der Waals surface area contributed by atoms with Crippen LogP contribution < -0.4 is 0 Å². The highest BCUT2D eigenvalue weighted by Crippen LogP contribution is 2.32. The predicted molar refractivity (Wildman–Crippen MR) is 98.9 cm³/mol. The molecule has 2 aliphatic rings. The molecule has 2 saturated heterocycles. The fraction of sp³-hybridized carbons (Fsp3) is 0.421. The first-order valence-electron chi connectivity index (χ1n) is 8.65. The molecule has 0 radical (unpaired) electrons. The Balaban J connectivity index is 1.71. The molecule has 0 saturated carbocycles. The van der Waals surface area contributed by atoms with Crippen LogP contribution in [0.1, 0.15) is 36.8 Å². The third-order valence-electron chi connectivity index (χ3n) is 4.60. The summed E-state index contributed by atoms with van der Waals surface area (Å²) in [4.78, 5) is 40.5. The van der Waals surface area contributed by atoms with E-state index in [1.165, 1.54) is 0 Å². The van der Waals surface area contributed by atoms with Gasteiger partial charge in [0.05, 0.1) is 4.91 Å². The van der Waals surface area contributed by atoms with E-state index in [1.54, 1.807) is 11.0 Å². The molecule has 5 nitrogen and oxygen atoms in total. The summed E-state index contributed by atoms with van der Waals surface area (Å²) >= 11 is 0.906. The van der Waals surface area contributed by atoms with Gasteiger partial charge in [-0.2, -0.15) is 0 Å². The summed E-state index contributed by atoms with van der Waals surface area (Å²) in [6, 6.07) is 7.69. The van der Waals surface area contributed by atoms with Crippen LogP contribution >= 0.6 is 11.8 Å². The number of benzene rings is 1. The van der Waals surface area contributed by atoms with Crippen molar-refractivity contribution in [1.82, 2.24) is 9.80 Å². The second-order valence-corrected chi connectivity index (χ2v) is 7.41. The lowest BCUT2D eigenvalue weighted by molar-refractivity contribution is -0.135. The van der Waals surface area contributed by atoms with Gasteiger partial charge in [-0.1, -0.05) is 37.1 Å². The van der Waals surface area contributed by atoms with Crippen molar-refractivity contribution in [3.63, 3.8) is 0 Å². The summed E-state index contributed by atoms with van der Waals surface area (Å²) in [5.74, 6) is -0.511. The second kappa shape index (κ2) is 7.87. The van der Waals surface area contributed by atoms with Gasteiger partial charge in [0.1, 0.15) is 6.54 Å². The zero-order valence-corrected chi connectivity index (χ0v) is 15.2. The number of nitrogens with zero attached hydrogens (tertiary/aromatic N) is 2. The SMILES string of the molecule is Cc1ccccc1C=C1SC(=O)N(CC(=O)N2CCCCCC2)C1=O. The Labute approximate surface area is 152 Å². The van der Waals surface area contributed by atoms with E-state index in [2.05, 4.69) is 0 Å². The predicted octanol–water partition coefficient (Wildman–Crippen LogP) is 3.43. The molecule has 0 N–H and O–H groups in total. The highest BCUT2D eigenvalue weighted by atomic mass is 32.2. The van der Waals surface area contributed by atoms with Gasteiger partial charge in [-0.3, -0.25) is 19.3 Å². The van der Waals surface area contributed by atoms with E-state index in [0.717, 1.165) is 53.5 Å². The normalized spacial score (nSPS) is 20.3. The minimum atomic E-state index is -0.374. The highest BCUT2D eigenvalue weighted by molar-refractivity contribution is 8.18. The lowest BCUT2D eigenvalue weighted by Crippen LogP contribution is -2.42. The molecule has 0 atom stereocenters. The molecule has 2 heterocycles. The Morgan fingerprint density at radius 1 is 1.12 bits per heavy atom. The zero-order valence-electron chi connectivity index (χ0n) is 14.4. The Morgan fingerprint density at radius 3 is 2.48 bits per heavy atom. The molecular formula is C19H22N2O3S. The number of amides is 3. The standard InChI is InChI=1S/C19H22N2O3S/c1-14-8-4-5-9-15(14)12-16-18(23)21(19(24)25-16)13-17(22)20-10-6-2-3-7-11-20/h4-5,8-9,12H,2-3,6-7,10-11,13H2,1H3. The monoisotopic (exact) mass is 358 g/mol. The van der Waals surface area contributed by atoms with Gasteiger partial charge < -0.3 is 4.90 Å². The largest absolute Gasteiger partial charge is 0.341 e. The first kappa shape index (κ1) is 17.7. The van der Waals surface area contributed by atoms with Crippen molar-refractivity contribution in [3.05, 3.63) is 40.3 Å². The number of imide groups is 1. The van der Waals surface area contributed by atoms with Crippen LogP contribution in [0.3, 0.4) is 0 Å². The van der Waals surface area contributed by atoms with Gasteiger partial charge in [-0.05, 0) is 48.7 Å². The van der Waals surface area contributed by atoms with E-state index in [1.807, 2.05) is 31.2 Å². The van der Waals surface area contributed by atoms with E-state index in [9.17, 15) is 14.4 Å². The van der Waals surface area contributed by atoms with Crippen LogP contribution in [-0.4, -0.2) is 46.5 Å². The van der Waals surface area contributed by atoms with Crippen molar-refractivity contribution >= 4 is 34.9 Å². The number of hydrogen-bond acceptors (Lipinski definition) is 4. The Morgan fingerprint density at radius 2 is 1.80 bits per heavy atom. The van der Waals surface area contributed by atoms with Gasteiger partial charge in [-0.25, -0.2) is 0 Å². The third kappa shape index (κ3) is 4.12. The summed E-state index contributed by atoms with van der Waals surface area (Å²) < 4.78 is 0. The Bertz CT molecular complexity index is 721. The highest BCUT2D eigenvalue weighted by Gasteiger charge is 2.37. The fourth-order valence-electron chi connectivity index (χ4n) is 3.08. The average Bonchev–Trinajstić information content (AvgIpc) is 2.80. The molecule has 1 aromatic carbocycles. The van der Waals surface area contributed by atoms with Gasteiger partial charge in [0.15, 0.2) is 0 Å². The zero-order chi connectivity index (χ0) is 17.8. The number of likely N-dealkylation sites (tertiary alicyclic amines) is 1.